The quantitative estimate of drug-likeness (QED) is 0.205. The Morgan fingerprint density at radius 2 is 1.76 bits per heavy atom. The maximum atomic E-state index is 13.9. The van der Waals surface area contributed by atoms with E-state index in [0.717, 1.165) is 12.8 Å². The highest BCUT2D eigenvalue weighted by molar-refractivity contribution is 5.83. The van der Waals surface area contributed by atoms with Crippen molar-refractivity contribution in [1.29, 1.82) is 0 Å². The van der Waals surface area contributed by atoms with E-state index in [9.17, 15) is 23.5 Å². The van der Waals surface area contributed by atoms with E-state index in [1.165, 1.54) is 0 Å². The molecule has 3 saturated carbocycles. The van der Waals surface area contributed by atoms with E-state index in [2.05, 4.69) is 15.0 Å². The van der Waals surface area contributed by atoms with Gasteiger partial charge in [0.2, 0.25) is 6.41 Å². The number of halogens is 3. The summed E-state index contributed by atoms with van der Waals surface area (Å²) in [6.45, 7) is 0.295. The number of ether oxygens (including phenoxy) is 3. The number of rotatable bonds is 5. The zero-order chi connectivity index (χ0) is 27.4. The smallest absolute Gasteiger partial charge is 0.392 e. The van der Waals surface area contributed by atoms with Crippen molar-refractivity contribution in [3.63, 3.8) is 0 Å². The molecule has 2 saturated heterocycles. The molecule has 0 aromatic carbocycles. The molecule has 218 valence electrons. The van der Waals surface area contributed by atoms with Crippen LogP contribution >= 0.6 is 0 Å². The Kier molecular flexibility index (Phi) is 8.18. The Bertz CT molecular complexity index is 868. The van der Waals surface area contributed by atoms with E-state index < -0.39 is 42.9 Å². The largest absolute Gasteiger partial charge is 0.409 e. The van der Waals surface area contributed by atoms with E-state index in [4.69, 9.17) is 19.9 Å². The van der Waals surface area contributed by atoms with Crippen molar-refractivity contribution in [3.8, 4) is 0 Å². The van der Waals surface area contributed by atoms with Crippen molar-refractivity contribution < 1.29 is 37.7 Å². The Morgan fingerprint density at radius 3 is 2.42 bits per heavy atom. The van der Waals surface area contributed by atoms with Gasteiger partial charge in [-0.25, -0.2) is 4.90 Å². The molecule has 0 aromatic rings. The molecular weight excluding hydrogens is 507 g/mol. The second-order valence-electron chi connectivity index (χ2n) is 11.7. The zero-order valence-electron chi connectivity index (χ0n) is 22.3. The average Bonchev–Trinajstić information content (AvgIpc) is 3.47. The maximum Gasteiger partial charge on any atom is 0.392 e. The van der Waals surface area contributed by atoms with Crippen LogP contribution < -0.4 is 5.73 Å². The van der Waals surface area contributed by atoms with Crippen LogP contribution in [0.3, 0.4) is 0 Å². The number of likely N-dealkylation sites (N-methyl/N-ethyl adjacent to an activating group) is 1. The van der Waals surface area contributed by atoms with Gasteiger partial charge in [0.25, 0.3) is 0 Å². The molecule has 11 unspecified atom stereocenters. The SMILES string of the molecule is COC1OC2CC(N3CC(/C(N)=N\O)C(O)N(C4CCC5C4CCCC5C(F)(F)F)C3OC)CCC2N1C. The molecule has 0 radical (unpaired) electrons. The second kappa shape index (κ2) is 11.0. The van der Waals surface area contributed by atoms with Gasteiger partial charge in [0.1, 0.15) is 12.1 Å². The van der Waals surface area contributed by atoms with Gasteiger partial charge in [-0.15, -0.1) is 0 Å². The third-order valence-electron chi connectivity index (χ3n) is 10.1. The third-order valence-corrected chi connectivity index (χ3v) is 10.1. The van der Waals surface area contributed by atoms with Crippen molar-refractivity contribution in [1.82, 2.24) is 14.7 Å². The fourth-order valence-corrected chi connectivity index (χ4v) is 8.36. The summed E-state index contributed by atoms with van der Waals surface area (Å²) in [5, 5.41) is 24.3. The minimum absolute atomic E-state index is 0.0145. The Hall–Kier alpha value is -1.22. The number of alkyl halides is 3. The fourth-order valence-electron chi connectivity index (χ4n) is 8.36. The lowest BCUT2D eigenvalue weighted by Gasteiger charge is -2.55. The molecule has 5 fully saturated rings. The van der Waals surface area contributed by atoms with E-state index in [-0.39, 0.29) is 42.4 Å². The first-order valence-electron chi connectivity index (χ1n) is 13.8. The number of oxime groups is 1. The molecule has 0 bridgehead atoms. The van der Waals surface area contributed by atoms with Gasteiger partial charge < -0.3 is 30.3 Å². The van der Waals surface area contributed by atoms with E-state index in [1.807, 2.05) is 11.9 Å². The molecule has 5 aliphatic rings. The number of aliphatic hydroxyl groups excluding tert-OH is 1. The molecule has 10 nitrogen and oxygen atoms in total. The molecular formula is C25H42F3N5O5. The van der Waals surface area contributed by atoms with Crippen molar-refractivity contribution in [3.05, 3.63) is 0 Å². The molecule has 3 aliphatic carbocycles. The van der Waals surface area contributed by atoms with E-state index in [1.54, 1.807) is 14.2 Å². The van der Waals surface area contributed by atoms with Crippen LogP contribution in [0.5, 0.6) is 0 Å². The number of aliphatic hydroxyl groups is 1. The minimum Gasteiger partial charge on any atom is -0.409 e. The summed E-state index contributed by atoms with van der Waals surface area (Å²) in [6, 6.07) is -0.0636. The number of hydrogen-bond acceptors (Lipinski definition) is 9. The Labute approximate surface area is 221 Å². The van der Waals surface area contributed by atoms with Crippen LogP contribution in [0.1, 0.15) is 51.4 Å². The van der Waals surface area contributed by atoms with Gasteiger partial charge in [0, 0.05) is 38.9 Å². The third kappa shape index (κ3) is 4.82. The van der Waals surface area contributed by atoms with Gasteiger partial charge >= 0.3 is 6.18 Å². The summed E-state index contributed by atoms with van der Waals surface area (Å²) in [4.78, 5) is 6.05. The molecule has 4 N–H and O–H groups in total. The fraction of sp³-hybridized carbons (Fsp3) is 0.960. The molecule has 0 spiro atoms. The summed E-state index contributed by atoms with van der Waals surface area (Å²) in [5.41, 5.74) is 6.08. The molecule has 38 heavy (non-hydrogen) atoms. The topological polar surface area (TPSA) is 116 Å². The molecule has 2 heterocycles. The first kappa shape index (κ1) is 28.3. The number of nitrogens with zero attached hydrogens (tertiary/aromatic N) is 4. The van der Waals surface area contributed by atoms with Gasteiger partial charge in [-0.1, -0.05) is 11.6 Å². The molecule has 0 amide bonds. The summed E-state index contributed by atoms with van der Waals surface area (Å²) >= 11 is 0. The van der Waals surface area contributed by atoms with Gasteiger partial charge in [-0.2, -0.15) is 13.2 Å². The van der Waals surface area contributed by atoms with Crippen molar-refractivity contribution in [2.75, 3.05) is 27.8 Å². The van der Waals surface area contributed by atoms with E-state index >= 15 is 0 Å². The number of amidine groups is 1. The lowest BCUT2D eigenvalue weighted by atomic mass is 9.72. The van der Waals surface area contributed by atoms with Gasteiger partial charge in [0.05, 0.1) is 17.9 Å². The number of hydrogen-bond donors (Lipinski definition) is 3. The molecule has 11 atom stereocenters. The van der Waals surface area contributed by atoms with Crippen LogP contribution in [0.25, 0.3) is 0 Å². The van der Waals surface area contributed by atoms with Crippen LogP contribution in [-0.4, -0.2) is 108 Å². The molecule has 0 aromatic heterocycles. The van der Waals surface area contributed by atoms with Crippen LogP contribution in [0.2, 0.25) is 0 Å². The zero-order valence-corrected chi connectivity index (χ0v) is 22.3. The first-order valence-corrected chi connectivity index (χ1v) is 13.8. The van der Waals surface area contributed by atoms with Gasteiger partial charge in [0.15, 0.2) is 6.35 Å². The summed E-state index contributed by atoms with van der Waals surface area (Å²) in [7, 11) is 5.17. The minimum atomic E-state index is -4.23. The van der Waals surface area contributed by atoms with Gasteiger partial charge in [-0.05, 0) is 63.8 Å². The maximum absolute atomic E-state index is 13.9. The van der Waals surface area contributed by atoms with Crippen LogP contribution in [-0.2, 0) is 14.2 Å². The average molecular weight is 550 g/mol. The lowest BCUT2D eigenvalue weighted by Crippen LogP contribution is -2.70. The van der Waals surface area contributed by atoms with E-state index in [0.29, 0.717) is 38.6 Å². The highest BCUT2D eigenvalue weighted by Gasteiger charge is 2.58. The van der Waals surface area contributed by atoms with Crippen molar-refractivity contribution in [2.45, 2.75) is 101 Å². The van der Waals surface area contributed by atoms with Crippen LogP contribution in [0.15, 0.2) is 5.16 Å². The van der Waals surface area contributed by atoms with Crippen molar-refractivity contribution in [2.24, 2.45) is 34.6 Å². The normalized spacial score (nSPS) is 45.8. The summed E-state index contributed by atoms with van der Waals surface area (Å²) < 4.78 is 59.3. The van der Waals surface area contributed by atoms with Gasteiger partial charge in [-0.3, -0.25) is 9.80 Å². The Morgan fingerprint density at radius 1 is 1.03 bits per heavy atom. The summed E-state index contributed by atoms with van der Waals surface area (Å²) in [6.07, 6.45) is -1.73. The van der Waals surface area contributed by atoms with Crippen LogP contribution in [0.4, 0.5) is 13.2 Å². The second-order valence-corrected chi connectivity index (χ2v) is 11.7. The number of nitrogens with two attached hydrogens (primary N) is 1. The highest BCUT2D eigenvalue weighted by Crippen LogP contribution is 2.53. The molecule has 5 rings (SSSR count). The monoisotopic (exact) mass is 549 g/mol. The number of fused-ring (bicyclic) bond motifs is 2. The lowest BCUT2D eigenvalue weighted by molar-refractivity contribution is -0.262. The Balaban J connectivity index is 1.42. The number of methoxy groups -OCH3 is 2. The summed E-state index contributed by atoms with van der Waals surface area (Å²) in [5.74, 6) is -2.81. The standard InChI is InChI=1S/C25H42F3N5O5/c1-31-19-9-7-13(11-20(19)38-24(31)37-3)32-12-16(21(29)30-35)22(34)33(23(32)36-2)18-10-8-14-15(18)5-4-6-17(14)25(26,27)28/h13-20,22-24,34-35H,4-12H2,1-3H3,(H2,29,30). The first-order chi connectivity index (χ1) is 18.1. The predicted molar refractivity (Wildman–Crippen MR) is 131 cm³/mol. The predicted octanol–water partition coefficient (Wildman–Crippen LogP) is 2.15. The molecule has 2 aliphatic heterocycles. The van der Waals surface area contributed by atoms with Crippen LogP contribution in [0, 0.1) is 23.7 Å². The van der Waals surface area contributed by atoms with Crippen molar-refractivity contribution >= 4 is 5.84 Å². The highest BCUT2D eigenvalue weighted by atomic mass is 19.4. The molecule has 13 heteroatoms.